The molecule has 0 atom stereocenters. The summed E-state index contributed by atoms with van der Waals surface area (Å²) in [5.41, 5.74) is 3.11. The van der Waals surface area contributed by atoms with Gasteiger partial charge in [0.15, 0.2) is 0 Å². The Morgan fingerprint density at radius 2 is 1.88 bits per heavy atom. The Kier molecular flexibility index (Phi) is 3.70. The van der Waals surface area contributed by atoms with E-state index in [1.54, 1.807) is 0 Å². The molecule has 1 N–H and O–H groups in total. The zero-order valence-electron chi connectivity index (χ0n) is 10.3. The number of aromatic nitrogens is 2. The number of aryl methyl sites for hydroxylation is 2. The molecule has 3 nitrogen and oxygen atoms in total. The van der Waals surface area contributed by atoms with Crippen LogP contribution in [0.5, 0.6) is 0 Å². The lowest BCUT2D eigenvalue weighted by molar-refractivity contribution is 0.869. The summed E-state index contributed by atoms with van der Waals surface area (Å²) in [7, 11) is 0. The van der Waals surface area contributed by atoms with Gasteiger partial charge in [-0.25, -0.2) is 9.97 Å². The monoisotopic (exact) mass is 227 g/mol. The summed E-state index contributed by atoms with van der Waals surface area (Å²) < 4.78 is 0. The second kappa shape index (κ2) is 5.43. The van der Waals surface area contributed by atoms with Crippen molar-refractivity contribution in [3.05, 3.63) is 47.8 Å². The topological polar surface area (TPSA) is 37.8 Å². The van der Waals surface area contributed by atoms with Gasteiger partial charge < -0.3 is 5.32 Å². The summed E-state index contributed by atoms with van der Waals surface area (Å²) in [6.07, 6.45) is 2.09. The van der Waals surface area contributed by atoms with Gasteiger partial charge >= 0.3 is 0 Å². The minimum Gasteiger partial charge on any atom is -0.324 e. The molecule has 1 aromatic heterocycles. The Balaban J connectivity index is 2.21. The van der Waals surface area contributed by atoms with Crippen molar-refractivity contribution < 1.29 is 0 Å². The van der Waals surface area contributed by atoms with E-state index < -0.39 is 0 Å². The second-order valence-corrected chi connectivity index (χ2v) is 4.07. The molecular formula is C14H17N3. The van der Waals surface area contributed by atoms with Gasteiger partial charge in [0, 0.05) is 17.1 Å². The number of hydrogen-bond acceptors (Lipinski definition) is 3. The van der Waals surface area contributed by atoms with Crippen LogP contribution in [0.1, 0.15) is 24.7 Å². The van der Waals surface area contributed by atoms with E-state index in [0.29, 0.717) is 5.95 Å². The molecule has 0 bridgehead atoms. The molecular weight excluding hydrogens is 210 g/mol. The van der Waals surface area contributed by atoms with E-state index in [9.17, 15) is 0 Å². The maximum Gasteiger partial charge on any atom is 0.227 e. The molecule has 0 radical (unpaired) electrons. The SMILES string of the molecule is CCCc1cc(C)nc(Nc2ccccc2)n1. The van der Waals surface area contributed by atoms with Gasteiger partial charge in [-0.15, -0.1) is 0 Å². The van der Waals surface area contributed by atoms with Crippen LogP contribution in [0.2, 0.25) is 0 Å². The molecule has 0 fully saturated rings. The molecule has 1 heterocycles. The summed E-state index contributed by atoms with van der Waals surface area (Å²) in [5, 5.41) is 3.22. The van der Waals surface area contributed by atoms with Crippen molar-refractivity contribution in [1.29, 1.82) is 0 Å². The number of para-hydroxylation sites is 1. The molecule has 0 aliphatic heterocycles. The Hall–Kier alpha value is -1.90. The number of anilines is 2. The standard InChI is InChI=1S/C14H17N3/c1-3-7-13-10-11(2)15-14(17-13)16-12-8-5-4-6-9-12/h4-6,8-10H,3,7H2,1-2H3,(H,15,16,17). The number of rotatable bonds is 4. The first-order chi connectivity index (χ1) is 8.28. The highest BCUT2D eigenvalue weighted by Gasteiger charge is 2.01. The zero-order chi connectivity index (χ0) is 12.1. The van der Waals surface area contributed by atoms with E-state index in [4.69, 9.17) is 0 Å². The maximum atomic E-state index is 4.50. The van der Waals surface area contributed by atoms with Crippen molar-refractivity contribution in [2.75, 3.05) is 5.32 Å². The van der Waals surface area contributed by atoms with Gasteiger partial charge in [-0.2, -0.15) is 0 Å². The van der Waals surface area contributed by atoms with Crippen LogP contribution in [-0.4, -0.2) is 9.97 Å². The van der Waals surface area contributed by atoms with Crippen molar-refractivity contribution in [3.8, 4) is 0 Å². The van der Waals surface area contributed by atoms with E-state index in [0.717, 1.165) is 29.9 Å². The molecule has 0 saturated heterocycles. The largest absolute Gasteiger partial charge is 0.324 e. The Labute approximate surface area is 102 Å². The van der Waals surface area contributed by atoms with Crippen LogP contribution >= 0.6 is 0 Å². The highest BCUT2D eigenvalue weighted by atomic mass is 15.1. The third kappa shape index (κ3) is 3.28. The molecule has 1 aromatic carbocycles. The van der Waals surface area contributed by atoms with Gasteiger partial charge in [0.25, 0.3) is 0 Å². The summed E-state index contributed by atoms with van der Waals surface area (Å²) in [4.78, 5) is 8.89. The fraction of sp³-hybridized carbons (Fsp3) is 0.286. The van der Waals surface area contributed by atoms with Crippen molar-refractivity contribution in [2.45, 2.75) is 26.7 Å². The number of hydrogen-bond donors (Lipinski definition) is 1. The predicted octanol–water partition coefficient (Wildman–Crippen LogP) is 3.48. The van der Waals surface area contributed by atoms with E-state index >= 15 is 0 Å². The third-order valence-electron chi connectivity index (χ3n) is 2.44. The fourth-order valence-electron chi connectivity index (χ4n) is 1.72. The zero-order valence-corrected chi connectivity index (χ0v) is 10.3. The molecule has 0 spiro atoms. The minimum atomic E-state index is 0.680. The van der Waals surface area contributed by atoms with Crippen LogP contribution in [0.4, 0.5) is 11.6 Å². The van der Waals surface area contributed by atoms with Crippen LogP contribution in [0.15, 0.2) is 36.4 Å². The quantitative estimate of drug-likeness (QED) is 0.869. The van der Waals surface area contributed by atoms with Gasteiger partial charge in [0.2, 0.25) is 5.95 Å². The smallest absolute Gasteiger partial charge is 0.227 e. The first-order valence-corrected chi connectivity index (χ1v) is 5.94. The van der Waals surface area contributed by atoms with Crippen molar-refractivity contribution >= 4 is 11.6 Å². The van der Waals surface area contributed by atoms with Gasteiger partial charge in [0.05, 0.1) is 0 Å². The van der Waals surface area contributed by atoms with Crippen molar-refractivity contribution in [2.24, 2.45) is 0 Å². The lowest BCUT2D eigenvalue weighted by Gasteiger charge is -2.07. The number of nitrogens with zero attached hydrogens (tertiary/aromatic N) is 2. The normalized spacial score (nSPS) is 10.2. The Morgan fingerprint density at radius 1 is 1.12 bits per heavy atom. The highest BCUT2D eigenvalue weighted by Crippen LogP contribution is 2.13. The highest BCUT2D eigenvalue weighted by molar-refractivity contribution is 5.52. The third-order valence-corrected chi connectivity index (χ3v) is 2.44. The summed E-state index contributed by atoms with van der Waals surface area (Å²) in [6, 6.07) is 12.0. The Morgan fingerprint density at radius 3 is 2.59 bits per heavy atom. The van der Waals surface area contributed by atoms with E-state index in [1.165, 1.54) is 0 Å². The van der Waals surface area contributed by atoms with Crippen LogP contribution in [0.3, 0.4) is 0 Å². The molecule has 17 heavy (non-hydrogen) atoms. The van der Waals surface area contributed by atoms with Gasteiger partial charge in [-0.05, 0) is 31.5 Å². The van der Waals surface area contributed by atoms with E-state index in [2.05, 4.69) is 22.2 Å². The summed E-state index contributed by atoms with van der Waals surface area (Å²) in [6.45, 7) is 4.15. The Bertz CT molecular complexity index is 480. The van der Waals surface area contributed by atoms with Crippen LogP contribution in [0, 0.1) is 6.92 Å². The molecule has 0 amide bonds. The second-order valence-electron chi connectivity index (χ2n) is 4.07. The van der Waals surface area contributed by atoms with E-state index in [-0.39, 0.29) is 0 Å². The van der Waals surface area contributed by atoms with Gasteiger partial charge in [-0.3, -0.25) is 0 Å². The van der Waals surface area contributed by atoms with Gasteiger partial charge in [-0.1, -0.05) is 31.5 Å². The first kappa shape index (κ1) is 11.6. The first-order valence-electron chi connectivity index (χ1n) is 5.94. The molecule has 3 heteroatoms. The fourth-order valence-corrected chi connectivity index (χ4v) is 1.72. The molecule has 0 aliphatic rings. The number of benzene rings is 1. The lowest BCUT2D eigenvalue weighted by Crippen LogP contribution is -2.01. The van der Waals surface area contributed by atoms with Crippen LogP contribution < -0.4 is 5.32 Å². The van der Waals surface area contributed by atoms with Crippen molar-refractivity contribution in [1.82, 2.24) is 9.97 Å². The van der Waals surface area contributed by atoms with Crippen LogP contribution in [-0.2, 0) is 6.42 Å². The van der Waals surface area contributed by atoms with Crippen LogP contribution in [0.25, 0.3) is 0 Å². The molecule has 0 aliphatic carbocycles. The average Bonchev–Trinajstić information content (AvgIpc) is 2.30. The number of nitrogens with one attached hydrogen (secondary N) is 1. The molecule has 2 aromatic rings. The molecule has 0 unspecified atom stereocenters. The van der Waals surface area contributed by atoms with E-state index in [1.807, 2.05) is 43.3 Å². The summed E-state index contributed by atoms with van der Waals surface area (Å²) in [5.74, 6) is 0.680. The molecule has 2 rings (SSSR count). The minimum absolute atomic E-state index is 0.680. The predicted molar refractivity (Wildman–Crippen MR) is 70.5 cm³/mol. The summed E-state index contributed by atoms with van der Waals surface area (Å²) >= 11 is 0. The molecule has 0 saturated carbocycles. The average molecular weight is 227 g/mol. The van der Waals surface area contributed by atoms with Gasteiger partial charge in [0.1, 0.15) is 0 Å². The maximum absolute atomic E-state index is 4.50. The lowest BCUT2D eigenvalue weighted by atomic mass is 10.2. The van der Waals surface area contributed by atoms with Crippen molar-refractivity contribution in [3.63, 3.8) is 0 Å². The molecule has 88 valence electrons.